The molecular weight excluding hydrogens is 428 g/mol. The van der Waals surface area contributed by atoms with E-state index in [0.717, 1.165) is 48.9 Å². The molecule has 2 aliphatic heterocycles. The van der Waals surface area contributed by atoms with E-state index in [9.17, 15) is 10.1 Å². The largest absolute Gasteiger partial charge is 0.368 e. The number of piperidine rings is 1. The Balaban J connectivity index is 1.38. The van der Waals surface area contributed by atoms with Gasteiger partial charge in [-0.3, -0.25) is 4.79 Å². The predicted molar refractivity (Wildman–Crippen MR) is 128 cm³/mol. The lowest BCUT2D eigenvalue weighted by Crippen LogP contribution is -2.54. The molecule has 3 heterocycles. The molecule has 1 aromatic heterocycles. The van der Waals surface area contributed by atoms with Crippen molar-refractivity contribution in [2.75, 3.05) is 11.9 Å². The van der Waals surface area contributed by atoms with Crippen LogP contribution in [0.25, 0.3) is 0 Å². The zero-order valence-corrected chi connectivity index (χ0v) is 20.2. The van der Waals surface area contributed by atoms with Gasteiger partial charge in [0.15, 0.2) is 0 Å². The lowest BCUT2D eigenvalue weighted by Gasteiger charge is -2.39. The van der Waals surface area contributed by atoms with Gasteiger partial charge < -0.3 is 10.6 Å². The van der Waals surface area contributed by atoms with Gasteiger partial charge in [0, 0.05) is 24.3 Å². The first kappa shape index (κ1) is 22.8. The molecule has 2 aromatic rings. The van der Waals surface area contributed by atoms with Gasteiger partial charge in [-0.25, -0.2) is 10.4 Å². The molecule has 1 aliphatic carbocycles. The highest BCUT2D eigenvalue weighted by atomic mass is 16.2. The number of hydrazine groups is 1. The van der Waals surface area contributed by atoms with Gasteiger partial charge in [-0.2, -0.15) is 20.3 Å². The Hall–Kier alpha value is -2.96. The number of hydrogen-bond donors (Lipinski definition) is 3. The molecule has 5 rings (SSSR count). The first-order chi connectivity index (χ1) is 16.4. The standard InChI is InChI=1S/C25H34N8O/c1-16-14-18(8-9-19(16)25(2,3)33-28-12-13-29-33)30-23-22-21(10-11-27-24(22)34)32(31-23)20-7-5-4-6-17(20)15-26/h8-9,12-14,17,20-23,30-31H,4-7,10-11H2,1-3H3,(H,27,34)/t17-,20+,21?,22?,23?/m1/s1. The fourth-order valence-corrected chi connectivity index (χ4v) is 6.13. The molecule has 9 heteroatoms. The number of aryl methyl sites for hydroxylation is 1. The van der Waals surface area contributed by atoms with E-state index in [1.807, 2.05) is 0 Å². The summed E-state index contributed by atoms with van der Waals surface area (Å²) < 4.78 is 0. The molecule has 3 N–H and O–H groups in total. The van der Waals surface area contributed by atoms with Crippen LogP contribution in [0.5, 0.6) is 0 Å². The normalized spacial score (nSPS) is 29.8. The minimum Gasteiger partial charge on any atom is -0.368 e. The lowest BCUT2D eigenvalue weighted by molar-refractivity contribution is -0.128. The second-order valence-electron chi connectivity index (χ2n) is 10.3. The number of aromatic nitrogens is 3. The predicted octanol–water partition coefficient (Wildman–Crippen LogP) is 2.52. The maximum absolute atomic E-state index is 12.9. The molecule has 3 fully saturated rings. The molecule has 1 saturated carbocycles. The first-order valence-electron chi connectivity index (χ1n) is 12.4. The Morgan fingerprint density at radius 2 is 1.91 bits per heavy atom. The molecule has 34 heavy (non-hydrogen) atoms. The molecule has 0 radical (unpaired) electrons. The Bertz CT molecular complexity index is 1080. The zero-order valence-electron chi connectivity index (χ0n) is 20.2. The van der Waals surface area contributed by atoms with Crippen molar-refractivity contribution in [3.8, 4) is 6.07 Å². The maximum atomic E-state index is 12.9. The molecule has 9 nitrogen and oxygen atoms in total. The van der Waals surface area contributed by atoms with Crippen molar-refractivity contribution in [2.24, 2.45) is 11.8 Å². The fourth-order valence-electron chi connectivity index (χ4n) is 6.13. The van der Waals surface area contributed by atoms with Gasteiger partial charge >= 0.3 is 0 Å². The molecule has 1 aromatic carbocycles. The zero-order chi connectivity index (χ0) is 23.9. The quantitative estimate of drug-likeness (QED) is 0.626. The van der Waals surface area contributed by atoms with Crippen molar-refractivity contribution in [3.63, 3.8) is 0 Å². The van der Waals surface area contributed by atoms with Crippen LogP contribution in [0.1, 0.15) is 57.1 Å². The van der Waals surface area contributed by atoms with E-state index in [1.165, 1.54) is 0 Å². The van der Waals surface area contributed by atoms with Crippen LogP contribution in [0, 0.1) is 30.1 Å². The van der Waals surface area contributed by atoms with Gasteiger partial charge in [0.05, 0.1) is 30.3 Å². The Labute approximate surface area is 200 Å². The molecule has 2 saturated heterocycles. The number of amides is 1. The molecule has 3 unspecified atom stereocenters. The summed E-state index contributed by atoms with van der Waals surface area (Å²) in [4.78, 5) is 14.7. The van der Waals surface area contributed by atoms with Crippen LogP contribution in [-0.4, -0.2) is 50.7 Å². The average molecular weight is 463 g/mol. The molecule has 0 bridgehead atoms. The number of rotatable bonds is 5. The molecule has 5 atom stereocenters. The van der Waals surface area contributed by atoms with Gasteiger partial charge in [-0.1, -0.05) is 18.9 Å². The van der Waals surface area contributed by atoms with Crippen molar-refractivity contribution in [3.05, 3.63) is 41.7 Å². The van der Waals surface area contributed by atoms with E-state index >= 15 is 0 Å². The van der Waals surface area contributed by atoms with Crippen molar-refractivity contribution in [1.82, 2.24) is 30.7 Å². The molecule has 180 valence electrons. The number of nitrogens with zero attached hydrogens (tertiary/aromatic N) is 5. The summed E-state index contributed by atoms with van der Waals surface area (Å²) in [7, 11) is 0. The second-order valence-corrected chi connectivity index (χ2v) is 10.3. The smallest absolute Gasteiger partial charge is 0.228 e. The van der Waals surface area contributed by atoms with E-state index < -0.39 is 0 Å². The number of hydrogen-bond acceptors (Lipinski definition) is 7. The molecule has 0 spiro atoms. The summed E-state index contributed by atoms with van der Waals surface area (Å²) in [6.07, 6.45) is 8.21. The van der Waals surface area contributed by atoms with E-state index in [0.29, 0.717) is 6.54 Å². The summed E-state index contributed by atoms with van der Waals surface area (Å²) in [6, 6.07) is 9.06. The highest BCUT2D eigenvalue weighted by molar-refractivity contribution is 5.82. The van der Waals surface area contributed by atoms with E-state index in [-0.39, 0.29) is 41.5 Å². The van der Waals surface area contributed by atoms with Crippen molar-refractivity contribution in [1.29, 1.82) is 5.26 Å². The summed E-state index contributed by atoms with van der Waals surface area (Å²) in [5, 5.41) is 27.3. The van der Waals surface area contributed by atoms with Crippen LogP contribution in [0.2, 0.25) is 0 Å². The first-order valence-corrected chi connectivity index (χ1v) is 12.4. The number of nitriles is 1. The highest BCUT2D eigenvalue weighted by Gasteiger charge is 2.51. The van der Waals surface area contributed by atoms with Gasteiger partial charge in [-0.05, 0) is 63.3 Å². The van der Waals surface area contributed by atoms with Crippen LogP contribution < -0.4 is 16.1 Å². The van der Waals surface area contributed by atoms with Crippen LogP contribution in [-0.2, 0) is 10.3 Å². The number of anilines is 1. The minimum atomic E-state index is -0.379. The maximum Gasteiger partial charge on any atom is 0.228 e. The molecular formula is C25H34N8O. The number of carbonyl (C=O) groups is 1. The third-order valence-corrected chi connectivity index (χ3v) is 7.84. The van der Waals surface area contributed by atoms with Crippen LogP contribution in [0.4, 0.5) is 5.69 Å². The number of nitrogens with one attached hydrogen (secondary N) is 3. The Kier molecular flexibility index (Phi) is 6.04. The van der Waals surface area contributed by atoms with E-state index in [1.54, 1.807) is 17.2 Å². The fraction of sp³-hybridized carbons (Fsp3) is 0.600. The van der Waals surface area contributed by atoms with Gasteiger partial charge in [0.2, 0.25) is 5.91 Å². The van der Waals surface area contributed by atoms with Crippen molar-refractivity contribution >= 4 is 11.6 Å². The summed E-state index contributed by atoms with van der Waals surface area (Å²) >= 11 is 0. The number of fused-ring (bicyclic) bond motifs is 1. The second kappa shape index (κ2) is 9.01. The third-order valence-electron chi connectivity index (χ3n) is 7.84. The van der Waals surface area contributed by atoms with Crippen LogP contribution in [0.3, 0.4) is 0 Å². The van der Waals surface area contributed by atoms with Crippen molar-refractivity contribution < 1.29 is 4.79 Å². The Morgan fingerprint density at radius 3 is 2.65 bits per heavy atom. The average Bonchev–Trinajstić information content (AvgIpc) is 3.49. The van der Waals surface area contributed by atoms with Crippen LogP contribution >= 0.6 is 0 Å². The number of benzene rings is 1. The van der Waals surface area contributed by atoms with Crippen LogP contribution in [0.15, 0.2) is 30.6 Å². The SMILES string of the molecule is Cc1cc(NC2NN([C@H]3CCCC[C@@H]3C#N)C3CCNC(=O)C23)ccc1C(C)(C)n1nccn1. The topological polar surface area (TPSA) is 111 Å². The highest BCUT2D eigenvalue weighted by Crippen LogP contribution is 2.37. The van der Waals surface area contributed by atoms with E-state index in [4.69, 9.17) is 0 Å². The molecule has 1 amide bonds. The third kappa shape index (κ3) is 3.95. The van der Waals surface area contributed by atoms with Gasteiger partial charge in [0.25, 0.3) is 0 Å². The monoisotopic (exact) mass is 462 g/mol. The molecule has 3 aliphatic rings. The summed E-state index contributed by atoms with van der Waals surface area (Å²) in [5.41, 5.74) is 6.47. The Morgan fingerprint density at radius 1 is 1.15 bits per heavy atom. The minimum absolute atomic E-state index is 0.00491. The summed E-state index contributed by atoms with van der Waals surface area (Å²) in [5.74, 6) is -0.127. The van der Waals surface area contributed by atoms with Crippen molar-refractivity contribution in [2.45, 2.75) is 76.7 Å². The lowest BCUT2D eigenvalue weighted by atomic mass is 9.83. The van der Waals surface area contributed by atoms with E-state index in [2.05, 4.69) is 76.3 Å². The van der Waals surface area contributed by atoms with Gasteiger partial charge in [0.1, 0.15) is 11.7 Å². The summed E-state index contributed by atoms with van der Waals surface area (Å²) in [6.45, 7) is 6.98. The number of carbonyl (C=O) groups excluding carboxylic acids is 1. The van der Waals surface area contributed by atoms with Gasteiger partial charge in [-0.15, -0.1) is 0 Å².